The number of nitrogen functional groups attached to an aromatic ring is 1. The molecule has 4 N–H and O–H groups in total. The van der Waals surface area contributed by atoms with Gasteiger partial charge in [-0.2, -0.15) is 0 Å². The number of imidazole rings is 2. The third-order valence-corrected chi connectivity index (χ3v) is 4.71. The van der Waals surface area contributed by atoms with Gasteiger partial charge < -0.3 is 15.7 Å². The Morgan fingerprint density at radius 2 is 1.66 bits per heavy atom. The maximum Gasteiger partial charge on any atom is 0.328 e. The summed E-state index contributed by atoms with van der Waals surface area (Å²) in [7, 11) is 0. The van der Waals surface area contributed by atoms with E-state index in [1.807, 2.05) is 60.7 Å². The van der Waals surface area contributed by atoms with Crippen molar-refractivity contribution in [3.8, 4) is 22.9 Å². The zero-order chi connectivity index (χ0) is 19.8. The number of nitrogens with zero attached hydrogens (tertiary/aromatic N) is 4. The topological polar surface area (TPSA) is 118 Å². The predicted molar refractivity (Wildman–Crippen MR) is 111 cm³/mol. The zero-order valence-corrected chi connectivity index (χ0v) is 15.3. The van der Waals surface area contributed by atoms with E-state index < -0.39 is 0 Å². The second kappa shape index (κ2) is 6.75. The first-order valence-electron chi connectivity index (χ1n) is 9.10. The average molecular weight is 383 g/mol. The number of anilines is 1. The van der Waals surface area contributed by atoms with E-state index in [1.54, 1.807) is 10.8 Å². The lowest BCUT2D eigenvalue weighted by Crippen LogP contribution is -2.17. The van der Waals surface area contributed by atoms with Crippen molar-refractivity contribution in [3.63, 3.8) is 0 Å². The fraction of sp³-hybridized carbons (Fsp3) is 0.0476. The van der Waals surface area contributed by atoms with Gasteiger partial charge in [-0.15, -0.1) is 0 Å². The van der Waals surface area contributed by atoms with Gasteiger partial charge in [-0.1, -0.05) is 60.7 Å². The van der Waals surface area contributed by atoms with E-state index in [0.29, 0.717) is 29.4 Å². The van der Waals surface area contributed by atoms with Gasteiger partial charge in [0.1, 0.15) is 5.52 Å². The number of benzene rings is 2. The lowest BCUT2D eigenvalue weighted by Gasteiger charge is -2.05. The number of nitrogens with two attached hydrogens (primary N) is 1. The largest absolute Gasteiger partial charge is 0.382 e. The molecule has 0 unspecified atom stereocenters. The van der Waals surface area contributed by atoms with E-state index in [9.17, 15) is 4.79 Å². The van der Waals surface area contributed by atoms with E-state index in [1.165, 1.54) is 0 Å². The number of nitrogens with one attached hydrogen (secondary N) is 2. The second-order valence-corrected chi connectivity index (χ2v) is 6.64. The summed E-state index contributed by atoms with van der Waals surface area (Å²) < 4.78 is 1.55. The molecule has 5 rings (SSSR count). The minimum Gasteiger partial charge on any atom is -0.382 e. The van der Waals surface area contributed by atoms with Crippen LogP contribution >= 0.6 is 0 Å². The van der Waals surface area contributed by atoms with Crippen LogP contribution < -0.4 is 11.4 Å². The van der Waals surface area contributed by atoms with Crippen molar-refractivity contribution < 1.29 is 0 Å². The van der Waals surface area contributed by atoms with Crippen LogP contribution in [0.5, 0.6) is 0 Å². The molecule has 0 fully saturated rings. The second-order valence-electron chi connectivity index (χ2n) is 6.64. The van der Waals surface area contributed by atoms with Gasteiger partial charge in [0.15, 0.2) is 23.1 Å². The quantitative estimate of drug-likeness (QED) is 0.441. The Morgan fingerprint density at radius 1 is 0.931 bits per heavy atom. The third kappa shape index (κ3) is 3.06. The molecule has 0 radical (unpaired) electrons. The summed E-state index contributed by atoms with van der Waals surface area (Å²) in [5.74, 6) is 1.02. The molecule has 8 heteroatoms. The van der Waals surface area contributed by atoms with Gasteiger partial charge in [-0.05, 0) is 11.1 Å². The van der Waals surface area contributed by atoms with Crippen LogP contribution in [0.1, 0.15) is 5.56 Å². The minimum atomic E-state index is -0.286. The molecular formula is C21H17N7O. The van der Waals surface area contributed by atoms with Crippen molar-refractivity contribution in [2.75, 3.05) is 5.73 Å². The summed E-state index contributed by atoms with van der Waals surface area (Å²) in [5, 5.41) is 0. The first kappa shape index (κ1) is 16.9. The van der Waals surface area contributed by atoms with Crippen molar-refractivity contribution in [1.82, 2.24) is 29.5 Å². The first-order valence-corrected chi connectivity index (χ1v) is 9.10. The minimum absolute atomic E-state index is 0.201. The molecule has 0 aliphatic carbocycles. The molecule has 0 saturated heterocycles. The van der Waals surface area contributed by atoms with Crippen molar-refractivity contribution >= 4 is 17.0 Å². The molecule has 142 valence electrons. The molecule has 5 aromatic rings. The molecular weight excluding hydrogens is 366 g/mol. The van der Waals surface area contributed by atoms with E-state index in [0.717, 1.165) is 16.8 Å². The summed E-state index contributed by atoms with van der Waals surface area (Å²) in [6, 6.07) is 19.5. The molecule has 29 heavy (non-hydrogen) atoms. The predicted octanol–water partition coefficient (Wildman–Crippen LogP) is 2.81. The van der Waals surface area contributed by atoms with E-state index in [4.69, 9.17) is 5.73 Å². The summed E-state index contributed by atoms with van der Waals surface area (Å²) in [5.41, 5.74) is 9.52. The van der Waals surface area contributed by atoms with Gasteiger partial charge in [0.05, 0.1) is 18.4 Å². The molecule has 3 heterocycles. The van der Waals surface area contributed by atoms with E-state index in [-0.39, 0.29) is 11.5 Å². The molecule has 0 bridgehead atoms. The molecule has 0 aliphatic heterocycles. The average Bonchev–Trinajstić information content (AvgIpc) is 3.36. The van der Waals surface area contributed by atoms with E-state index >= 15 is 0 Å². The SMILES string of the molecule is Nc1nc(-c2ncc(-c3ccccc3)[nH]2)nc2c1[nH]c(=O)n2Cc1ccccc1. The van der Waals surface area contributed by atoms with Gasteiger partial charge in [0, 0.05) is 0 Å². The first-order chi connectivity index (χ1) is 14.2. The standard InChI is InChI=1S/C21H17N7O/c22-17-16-20(28(21(29)25-16)12-13-7-3-1-4-8-13)27-19(26-17)18-23-11-15(24-18)14-9-5-2-6-10-14/h1-11H,12H2,(H,23,24)(H,25,29)(H2,22,26,27). The number of hydrogen-bond donors (Lipinski definition) is 3. The van der Waals surface area contributed by atoms with Crippen LogP contribution in [-0.2, 0) is 6.54 Å². The molecule has 0 saturated carbocycles. The third-order valence-electron chi connectivity index (χ3n) is 4.71. The Labute approximate surface area is 165 Å². The van der Waals surface area contributed by atoms with Crippen LogP contribution in [0.2, 0.25) is 0 Å². The zero-order valence-electron chi connectivity index (χ0n) is 15.3. The highest BCUT2D eigenvalue weighted by Crippen LogP contribution is 2.23. The van der Waals surface area contributed by atoms with Crippen LogP contribution in [0, 0.1) is 0 Å². The smallest absolute Gasteiger partial charge is 0.328 e. The Bertz CT molecular complexity index is 1350. The number of H-pyrrole nitrogens is 2. The lowest BCUT2D eigenvalue weighted by molar-refractivity contribution is 0.777. The number of fused-ring (bicyclic) bond motifs is 1. The van der Waals surface area contributed by atoms with Crippen LogP contribution in [0.4, 0.5) is 5.82 Å². The maximum absolute atomic E-state index is 12.5. The van der Waals surface area contributed by atoms with Gasteiger partial charge in [-0.3, -0.25) is 4.57 Å². The normalized spacial score (nSPS) is 11.2. The number of rotatable bonds is 4. The maximum atomic E-state index is 12.5. The van der Waals surface area contributed by atoms with Gasteiger partial charge in [0.25, 0.3) is 0 Å². The number of aromatic amines is 2. The molecule has 3 aromatic heterocycles. The Balaban J connectivity index is 1.60. The molecule has 8 nitrogen and oxygen atoms in total. The highest BCUT2D eigenvalue weighted by Gasteiger charge is 2.17. The van der Waals surface area contributed by atoms with Gasteiger partial charge in [0.2, 0.25) is 0 Å². The van der Waals surface area contributed by atoms with Crippen molar-refractivity contribution in [3.05, 3.63) is 82.9 Å². The molecule has 0 atom stereocenters. The van der Waals surface area contributed by atoms with Crippen LogP contribution in [-0.4, -0.2) is 29.5 Å². The number of aromatic nitrogens is 6. The van der Waals surface area contributed by atoms with Crippen LogP contribution in [0.15, 0.2) is 71.7 Å². The van der Waals surface area contributed by atoms with Gasteiger partial charge >= 0.3 is 5.69 Å². The van der Waals surface area contributed by atoms with Crippen molar-refractivity contribution in [2.45, 2.75) is 6.54 Å². The lowest BCUT2D eigenvalue weighted by atomic mass is 10.2. The summed E-state index contributed by atoms with van der Waals surface area (Å²) in [6.07, 6.45) is 1.72. The fourth-order valence-corrected chi connectivity index (χ4v) is 3.27. The molecule has 0 spiro atoms. The Hall–Kier alpha value is -4.20. The molecule has 2 aromatic carbocycles. The number of hydrogen-bond acceptors (Lipinski definition) is 5. The summed E-state index contributed by atoms with van der Waals surface area (Å²) in [4.78, 5) is 31.8. The summed E-state index contributed by atoms with van der Waals surface area (Å²) in [6.45, 7) is 0.378. The van der Waals surface area contributed by atoms with E-state index in [2.05, 4.69) is 24.9 Å². The highest BCUT2D eigenvalue weighted by atomic mass is 16.1. The van der Waals surface area contributed by atoms with Crippen LogP contribution in [0.3, 0.4) is 0 Å². The fourth-order valence-electron chi connectivity index (χ4n) is 3.27. The highest BCUT2D eigenvalue weighted by molar-refractivity contribution is 5.83. The molecule has 0 aliphatic rings. The van der Waals surface area contributed by atoms with Crippen molar-refractivity contribution in [2.24, 2.45) is 0 Å². The molecule has 0 amide bonds. The van der Waals surface area contributed by atoms with Crippen molar-refractivity contribution in [1.29, 1.82) is 0 Å². The Morgan fingerprint density at radius 3 is 2.41 bits per heavy atom. The summed E-state index contributed by atoms with van der Waals surface area (Å²) >= 11 is 0. The Kier molecular flexibility index (Phi) is 3.94. The monoisotopic (exact) mass is 383 g/mol. The van der Waals surface area contributed by atoms with Crippen LogP contribution in [0.25, 0.3) is 34.1 Å². The van der Waals surface area contributed by atoms with Gasteiger partial charge in [-0.25, -0.2) is 19.7 Å².